The minimum Gasteiger partial charge on any atom is -0.372 e. The Morgan fingerprint density at radius 1 is 1.31 bits per heavy atom. The number of nitriles is 1. The molecule has 7 nitrogen and oxygen atoms in total. The molecule has 0 aliphatic carbocycles. The van der Waals surface area contributed by atoms with E-state index in [1.165, 1.54) is 19.2 Å². The lowest BCUT2D eigenvalue weighted by atomic mass is 9.76. The SMILES string of the molecule is CCOCC(=O)N1CC2(CCN(c3ccc(C#N)c(C(F)(F)F)c3)CC2)CC1C(=O)NC. The molecule has 2 fully saturated rings. The molecule has 1 aromatic carbocycles. The van der Waals surface area contributed by atoms with E-state index < -0.39 is 23.3 Å². The molecule has 2 heterocycles. The number of likely N-dealkylation sites (tertiary alicyclic amines) is 1. The van der Waals surface area contributed by atoms with Crippen LogP contribution in [0.2, 0.25) is 0 Å². The first-order chi connectivity index (χ1) is 15.1. The lowest BCUT2D eigenvalue weighted by Crippen LogP contribution is -2.46. The Bertz CT molecular complexity index is 905. The number of amides is 2. The molecule has 0 aromatic heterocycles. The van der Waals surface area contributed by atoms with Crippen molar-refractivity contribution in [3.05, 3.63) is 29.3 Å². The zero-order valence-corrected chi connectivity index (χ0v) is 18.2. The average Bonchev–Trinajstić information content (AvgIpc) is 3.15. The predicted molar refractivity (Wildman–Crippen MR) is 111 cm³/mol. The van der Waals surface area contributed by atoms with Crippen molar-refractivity contribution in [2.24, 2.45) is 5.41 Å². The first-order valence-corrected chi connectivity index (χ1v) is 10.6. The third kappa shape index (κ3) is 4.83. The number of nitrogens with zero attached hydrogens (tertiary/aromatic N) is 3. The highest BCUT2D eigenvalue weighted by atomic mass is 19.4. The fraction of sp³-hybridized carbons (Fsp3) is 0.591. The number of hydrogen-bond acceptors (Lipinski definition) is 5. The molecule has 174 valence electrons. The van der Waals surface area contributed by atoms with Crippen LogP contribution in [0.5, 0.6) is 0 Å². The zero-order chi connectivity index (χ0) is 23.5. The molecule has 0 radical (unpaired) electrons. The minimum atomic E-state index is -4.61. The molecule has 2 aliphatic heterocycles. The number of piperidine rings is 1. The van der Waals surface area contributed by atoms with Crippen molar-refractivity contribution in [1.29, 1.82) is 5.26 Å². The molecule has 0 saturated carbocycles. The predicted octanol–water partition coefficient (Wildman–Crippen LogP) is 2.55. The number of rotatable bonds is 5. The van der Waals surface area contributed by atoms with E-state index in [1.54, 1.807) is 17.9 Å². The fourth-order valence-corrected chi connectivity index (χ4v) is 4.65. The van der Waals surface area contributed by atoms with Crippen molar-refractivity contribution in [2.45, 2.75) is 38.4 Å². The zero-order valence-electron chi connectivity index (χ0n) is 18.2. The van der Waals surface area contributed by atoms with Gasteiger partial charge < -0.3 is 19.9 Å². The summed E-state index contributed by atoms with van der Waals surface area (Å²) in [6.07, 6.45) is -2.81. The van der Waals surface area contributed by atoms with Crippen molar-refractivity contribution in [2.75, 3.05) is 44.8 Å². The van der Waals surface area contributed by atoms with Gasteiger partial charge in [0.2, 0.25) is 11.8 Å². The highest BCUT2D eigenvalue weighted by Gasteiger charge is 2.49. The van der Waals surface area contributed by atoms with Crippen molar-refractivity contribution >= 4 is 17.5 Å². The van der Waals surface area contributed by atoms with E-state index in [9.17, 15) is 22.8 Å². The lowest BCUT2D eigenvalue weighted by Gasteiger charge is -2.40. The molecule has 3 rings (SSSR count). The lowest BCUT2D eigenvalue weighted by molar-refractivity contribution is -0.141. The van der Waals surface area contributed by atoms with Crippen LogP contribution in [-0.4, -0.2) is 62.7 Å². The van der Waals surface area contributed by atoms with Gasteiger partial charge in [0.25, 0.3) is 0 Å². The van der Waals surface area contributed by atoms with E-state index in [-0.39, 0.29) is 23.8 Å². The van der Waals surface area contributed by atoms with Crippen LogP contribution in [0.4, 0.5) is 18.9 Å². The van der Waals surface area contributed by atoms with E-state index in [4.69, 9.17) is 10.00 Å². The van der Waals surface area contributed by atoms with Gasteiger partial charge in [-0.2, -0.15) is 18.4 Å². The van der Waals surface area contributed by atoms with Crippen molar-refractivity contribution in [1.82, 2.24) is 10.2 Å². The Morgan fingerprint density at radius 2 is 2.00 bits per heavy atom. The maximum absolute atomic E-state index is 13.3. The van der Waals surface area contributed by atoms with Gasteiger partial charge in [-0.15, -0.1) is 0 Å². The third-order valence-electron chi connectivity index (χ3n) is 6.43. The summed E-state index contributed by atoms with van der Waals surface area (Å²) < 4.78 is 45.2. The molecule has 1 unspecified atom stereocenters. The van der Waals surface area contributed by atoms with Crippen LogP contribution < -0.4 is 10.2 Å². The van der Waals surface area contributed by atoms with Crippen molar-refractivity contribution in [3.8, 4) is 6.07 Å². The van der Waals surface area contributed by atoms with E-state index >= 15 is 0 Å². The Morgan fingerprint density at radius 3 is 2.56 bits per heavy atom. The largest absolute Gasteiger partial charge is 0.417 e. The topological polar surface area (TPSA) is 85.7 Å². The third-order valence-corrected chi connectivity index (χ3v) is 6.43. The van der Waals surface area contributed by atoms with Gasteiger partial charge in [0.15, 0.2) is 0 Å². The average molecular weight is 452 g/mol. The van der Waals surface area contributed by atoms with Crippen LogP contribution in [0.1, 0.15) is 37.3 Å². The molecule has 1 atom stereocenters. The second kappa shape index (κ2) is 9.36. The summed E-state index contributed by atoms with van der Waals surface area (Å²) in [5.41, 5.74) is -1.20. The summed E-state index contributed by atoms with van der Waals surface area (Å²) in [6, 6.07) is 4.78. The molecule has 2 aliphatic rings. The molecule has 2 amide bonds. The van der Waals surface area contributed by atoms with Crippen LogP contribution in [0.15, 0.2) is 18.2 Å². The summed E-state index contributed by atoms with van der Waals surface area (Å²) in [4.78, 5) is 28.5. The Kier molecular flexibility index (Phi) is 6.98. The molecule has 0 bridgehead atoms. The summed E-state index contributed by atoms with van der Waals surface area (Å²) in [5, 5.41) is 11.6. The molecular weight excluding hydrogens is 425 g/mol. The first-order valence-electron chi connectivity index (χ1n) is 10.6. The maximum Gasteiger partial charge on any atom is 0.417 e. The van der Waals surface area contributed by atoms with Gasteiger partial charge in [-0.25, -0.2) is 0 Å². The number of halogens is 3. The summed E-state index contributed by atoms with van der Waals surface area (Å²) >= 11 is 0. The van der Waals surface area contributed by atoms with Crippen molar-refractivity contribution < 1.29 is 27.5 Å². The number of likely N-dealkylation sites (N-methyl/N-ethyl adjacent to an activating group) is 1. The van der Waals surface area contributed by atoms with Gasteiger partial charge >= 0.3 is 6.18 Å². The number of alkyl halides is 3. The molecule has 1 spiro atoms. The van der Waals surface area contributed by atoms with Gasteiger partial charge in [-0.3, -0.25) is 9.59 Å². The second-order valence-corrected chi connectivity index (χ2v) is 8.32. The maximum atomic E-state index is 13.3. The molecule has 2 saturated heterocycles. The number of nitrogens with one attached hydrogen (secondary N) is 1. The normalized spacial score (nSPS) is 20.3. The number of carbonyl (C=O) groups excluding carboxylic acids is 2. The second-order valence-electron chi connectivity index (χ2n) is 8.32. The van der Waals surface area contributed by atoms with Crippen LogP contribution in [0.25, 0.3) is 0 Å². The summed E-state index contributed by atoms with van der Waals surface area (Å²) in [6.45, 7) is 3.52. The highest BCUT2D eigenvalue weighted by molar-refractivity contribution is 5.88. The number of hydrogen-bond donors (Lipinski definition) is 1. The number of anilines is 1. The van der Waals surface area contributed by atoms with Crippen molar-refractivity contribution in [3.63, 3.8) is 0 Å². The van der Waals surface area contributed by atoms with Gasteiger partial charge in [-0.1, -0.05) is 0 Å². The van der Waals surface area contributed by atoms with Crippen LogP contribution in [0, 0.1) is 16.7 Å². The van der Waals surface area contributed by atoms with Crippen LogP contribution >= 0.6 is 0 Å². The Labute approximate surface area is 185 Å². The molecular formula is C22H27F3N4O3. The number of benzene rings is 1. The molecule has 1 N–H and O–H groups in total. The Hall–Kier alpha value is -2.80. The van der Waals surface area contributed by atoms with E-state index in [0.717, 1.165) is 6.07 Å². The fourth-order valence-electron chi connectivity index (χ4n) is 4.65. The smallest absolute Gasteiger partial charge is 0.372 e. The molecule has 32 heavy (non-hydrogen) atoms. The van der Waals surface area contributed by atoms with E-state index in [0.29, 0.717) is 51.2 Å². The van der Waals surface area contributed by atoms with E-state index in [2.05, 4.69) is 5.32 Å². The Balaban J connectivity index is 1.75. The van der Waals surface area contributed by atoms with Crippen LogP contribution in [-0.2, 0) is 20.5 Å². The van der Waals surface area contributed by atoms with Crippen LogP contribution in [0.3, 0.4) is 0 Å². The summed E-state index contributed by atoms with van der Waals surface area (Å²) in [7, 11) is 1.53. The quantitative estimate of drug-likeness (QED) is 0.742. The highest BCUT2D eigenvalue weighted by Crippen LogP contribution is 2.45. The van der Waals surface area contributed by atoms with Gasteiger partial charge in [0, 0.05) is 39.0 Å². The standard InChI is InChI=1S/C22H27F3N4O3/c1-3-32-13-19(30)29-14-21(11-18(29)20(31)27-2)6-8-28(9-7-21)16-5-4-15(12-26)17(10-16)22(23,24)25/h4-5,10,18H,3,6-9,11,13-14H2,1-2H3,(H,27,31). The van der Waals surface area contributed by atoms with Gasteiger partial charge in [-0.05, 0) is 49.8 Å². The number of ether oxygens (including phenoxy) is 1. The molecule has 10 heteroatoms. The monoisotopic (exact) mass is 452 g/mol. The first kappa shape index (κ1) is 23.9. The number of carbonyl (C=O) groups is 2. The van der Waals surface area contributed by atoms with Gasteiger partial charge in [0.1, 0.15) is 12.6 Å². The molecule has 1 aromatic rings. The van der Waals surface area contributed by atoms with Gasteiger partial charge in [0.05, 0.1) is 17.2 Å². The summed E-state index contributed by atoms with van der Waals surface area (Å²) in [5.74, 6) is -0.460. The van der Waals surface area contributed by atoms with E-state index in [1.807, 2.05) is 4.90 Å². The minimum absolute atomic E-state index is 0.0857.